The van der Waals surface area contributed by atoms with Crippen molar-refractivity contribution in [3.05, 3.63) is 48.5 Å². The van der Waals surface area contributed by atoms with Crippen molar-refractivity contribution in [3.8, 4) is 5.69 Å². The number of aromatic nitrogens is 2. The number of nitrogens with two attached hydrogens (primary N) is 1. The van der Waals surface area contributed by atoms with Crippen molar-refractivity contribution in [1.82, 2.24) is 14.9 Å². The Kier molecular flexibility index (Phi) is 7.55. The summed E-state index contributed by atoms with van der Waals surface area (Å²) in [5, 5.41) is 3.10. The molecule has 3 N–H and O–H groups in total. The van der Waals surface area contributed by atoms with Crippen LogP contribution in [0.3, 0.4) is 0 Å². The van der Waals surface area contributed by atoms with E-state index in [4.69, 9.17) is 5.73 Å². The van der Waals surface area contributed by atoms with Gasteiger partial charge in [0.15, 0.2) is 0 Å². The first-order valence-corrected chi connectivity index (χ1v) is 7.38. The number of imidazole rings is 1. The highest BCUT2D eigenvalue weighted by atomic mass is 35.5. The lowest BCUT2D eigenvalue weighted by Gasteiger charge is -2.26. The van der Waals surface area contributed by atoms with E-state index < -0.39 is 0 Å². The topological polar surface area (TPSA) is 72.9 Å². The van der Waals surface area contributed by atoms with Gasteiger partial charge >= 0.3 is 0 Å². The second-order valence-corrected chi connectivity index (χ2v) is 5.57. The number of rotatable bonds is 3. The molecule has 0 saturated heterocycles. The smallest absolute Gasteiger partial charge is 0.270 e. The molecular weight excluding hydrogens is 335 g/mol. The molecule has 0 aliphatic heterocycles. The third-order valence-corrected chi connectivity index (χ3v) is 4.01. The van der Waals surface area contributed by atoms with Crippen LogP contribution in [-0.4, -0.2) is 27.5 Å². The van der Waals surface area contributed by atoms with E-state index in [2.05, 4.69) is 10.3 Å². The molecule has 1 heterocycles. The molecule has 1 aromatic carbocycles. The van der Waals surface area contributed by atoms with Gasteiger partial charge in [0.05, 0.1) is 12.5 Å². The molecule has 0 radical (unpaired) electrons. The number of hydrogen-bond acceptors (Lipinski definition) is 3. The number of nitrogens with one attached hydrogen (secondary N) is 1. The molecule has 3 rings (SSSR count). The first-order chi connectivity index (χ1) is 10.2. The maximum Gasteiger partial charge on any atom is 0.270 e. The van der Waals surface area contributed by atoms with Crippen LogP contribution in [-0.2, 0) is 0 Å². The molecule has 0 bridgehead atoms. The minimum atomic E-state index is -0.0724. The summed E-state index contributed by atoms with van der Waals surface area (Å²) in [6.07, 6.45) is 7.13. The maximum absolute atomic E-state index is 12.4. The van der Waals surface area contributed by atoms with Crippen LogP contribution in [0.1, 0.15) is 36.2 Å². The number of benzene rings is 1. The Labute approximate surface area is 148 Å². The predicted octanol–water partition coefficient (Wildman–Crippen LogP) is 2.72. The standard InChI is InChI=1S/C16H20N4O.2ClH/c17-12-6-8-13(9-7-12)19-16(21)15-10-18-11-20(15)14-4-2-1-3-5-14;;/h1-5,10-13H,6-9,17H2,(H,19,21);2*1H. The van der Waals surface area contributed by atoms with Crippen LogP contribution >= 0.6 is 24.8 Å². The summed E-state index contributed by atoms with van der Waals surface area (Å²) in [4.78, 5) is 16.6. The summed E-state index contributed by atoms with van der Waals surface area (Å²) in [6, 6.07) is 10.3. The monoisotopic (exact) mass is 356 g/mol. The highest BCUT2D eigenvalue weighted by molar-refractivity contribution is 5.93. The maximum atomic E-state index is 12.4. The number of halogens is 2. The van der Waals surface area contributed by atoms with E-state index in [-0.39, 0.29) is 42.8 Å². The van der Waals surface area contributed by atoms with Crippen LogP contribution in [0, 0.1) is 0 Å². The summed E-state index contributed by atoms with van der Waals surface area (Å²) in [6.45, 7) is 0. The Bertz CT molecular complexity index is 610. The van der Waals surface area contributed by atoms with Crippen molar-refractivity contribution in [1.29, 1.82) is 0 Å². The van der Waals surface area contributed by atoms with Gasteiger partial charge < -0.3 is 11.1 Å². The average Bonchev–Trinajstić information content (AvgIpc) is 3.00. The third-order valence-electron chi connectivity index (χ3n) is 4.01. The number of carbonyl (C=O) groups excluding carboxylic acids is 1. The molecule has 0 atom stereocenters. The Balaban J connectivity index is 0.00000132. The van der Waals surface area contributed by atoms with Gasteiger partial charge in [0.25, 0.3) is 5.91 Å². The van der Waals surface area contributed by atoms with Crippen molar-refractivity contribution in [2.75, 3.05) is 0 Å². The van der Waals surface area contributed by atoms with E-state index in [9.17, 15) is 4.79 Å². The minimum absolute atomic E-state index is 0. The third kappa shape index (κ3) is 4.70. The van der Waals surface area contributed by atoms with Crippen LogP contribution in [0.25, 0.3) is 5.69 Å². The van der Waals surface area contributed by atoms with Gasteiger partial charge in [0, 0.05) is 17.8 Å². The van der Waals surface area contributed by atoms with Crippen LogP contribution in [0.2, 0.25) is 0 Å². The van der Waals surface area contributed by atoms with Gasteiger partial charge in [0.2, 0.25) is 0 Å². The van der Waals surface area contributed by atoms with Gasteiger partial charge in [0.1, 0.15) is 5.69 Å². The second-order valence-electron chi connectivity index (χ2n) is 5.57. The zero-order valence-electron chi connectivity index (χ0n) is 12.7. The first kappa shape index (κ1) is 19.5. The van der Waals surface area contributed by atoms with Crippen molar-refractivity contribution < 1.29 is 4.79 Å². The van der Waals surface area contributed by atoms with Gasteiger partial charge in [-0.2, -0.15) is 0 Å². The first-order valence-electron chi connectivity index (χ1n) is 7.38. The molecular formula is C16H22Cl2N4O. The van der Waals surface area contributed by atoms with Gasteiger partial charge in [-0.15, -0.1) is 24.8 Å². The highest BCUT2D eigenvalue weighted by Gasteiger charge is 2.22. The van der Waals surface area contributed by atoms with E-state index in [1.807, 2.05) is 34.9 Å². The van der Waals surface area contributed by atoms with E-state index in [0.29, 0.717) is 5.69 Å². The van der Waals surface area contributed by atoms with E-state index in [1.54, 1.807) is 12.5 Å². The van der Waals surface area contributed by atoms with Gasteiger partial charge in [-0.1, -0.05) is 18.2 Å². The summed E-state index contributed by atoms with van der Waals surface area (Å²) >= 11 is 0. The van der Waals surface area contributed by atoms with Crippen molar-refractivity contribution in [2.45, 2.75) is 37.8 Å². The Morgan fingerprint density at radius 1 is 1.13 bits per heavy atom. The number of amides is 1. The zero-order valence-corrected chi connectivity index (χ0v) is 14.4. The molecule has 0 spiro atoms. The lowest BCUT2D eigenvalue weighted by atomic mass is 9.92. The molecule has 1 saturated carbocycles. The largest absolute Gasteiger partial charge is 0.348 e. The predicted molar refractivity (Wildman–Crippen MR) is 95.8 cm³/mol. The van der Waals surface area contributed by atoms with Gasteiger partial charge in [-0.05, 0) is 37.8 Å². The molecule has 0 unspecified atom stereocenters. The normalized spacial score (nSPS) is 20.0. The van der Waals surface area contributed by atoms with Crippen LogP contribution in [0.15, 0.2) is 42.9 Å². The number of nitrogens with zero attached hydrogens (tertiary/aromatic N) is 2. The SMILES string of the molecule is Cl.Cl.NC1CCC(NC(=O)c2cncn2-c2ccccc2)CC1. The van der Waals surface area contributed by atoms with Crippen LogP contribution in [0.4, 0.5) is 0 Å². The Morgan fingerprint density at radius 3 is 2.43 bits per heavy atom. The van der Waals surface area contributed by atoms with E-state index >= 15 is 0 Å². The van der Waals surface area contributed by atoms with E-state index in [0.717, 1.165) is 31.4 Å². The fourth-order valence-electron chi connectivity index (χ4n) is 2.78. The lowest BCUT2D eigenvalue weighted by Crippen LogP contribution is -2.41. The van der Waals surface area contributed by atoms with Crippen molar-refractivity contribution >= 4 is 30.7 Å². The zero-order chi connectivity index (χ0) is 14.7. The highest BCUT2D eigenvalue weighted by Crippen LogP contribution is 2.18. The van der Waals surface area contributed by atoms with E-state index in [1.165, 1.54) is 0 Å². The minimum Gasteiger partial charge on any atom is -0.348 e. The fourth-order valence-corrected chi connectivity index (χ4v) is 2.78. The van der Waals surface area contributed by atoms with Crippen LogP contribution < -0.4 is 11.1 Å². The Hall–Kier alpha value is -1.56. The molecule has 1 aromatic heterocycles. The van der Waals surface area contributed by atoms with Gasteiger partial charge in [-0.25, -0.2) is 4.98 Å². The number of para-hydroxylation sites is 1. The molecule has 2 aromatic rings. The molecule has 23 heavy (non-hydrogen) atoms. The fraction of sp³-hybridized carbons (Fsp3) is 0.375. The summed E-state index contributed by atoms with van der Waals surface area (Å²) < 4.78 is 1.81. The molecule has 126 valence electrons. The summed E-state index contributed by atoms with van der Waals surface area (Å²) in [5.41, 5.74) is 7.40. The lowest BCUT2D eigenvalue weighted by molar-refractivity contribution is 0.0919. The average molecular weight is 357 g/mol. The summed E-state index contributed by atoms with van der Waals surface area (Å²) in [7, 11) is 0. The summed E-state index contributed by atoms with van der Waals surface area (Å²) in [5.74, 6) is -0.0724. The quantitative estimate of drug-likeness (QED) is 0.887. The molecule has 5 nitrogen and oxygen atoms in total. The second kappa shape index (κ2) is 8.91. The van der Waals surface area contributed by atoms with Crippen molar-refractivity contribution in [2.24, 2.45) is 5.73 Å². The van der Waals surface area contributed by atoms with Crippen LogP contribution in [0.5, 0.6) is 0 Å². The number of carbonyl (C=O) groups is 1. The van der Waals surface area contributed by atoms with Gasteiger partial charge in [-0.3, -0.25) is 9.36 Å². The molecule has 1 fully saturated rings. The Morgan fingerprint density at radius 2 is 1.78 bits per heavy atom. The number of hydrogen-bond donors (Lipinski definition) is 2. The van der Waals surface area contributed by atoms with Crippen molar-refractivity contribution in [3.63, 3.8) is 0 Å². The molecule has 1 aliphatic rings. The molecule has 7 heteroatoms. The molecule has 1 amide bonds. The molecule has 1 aliphatic carbocycles.